The molecule has 2 aliphatic heterocycles. The molecule has 0 aromatic heterocycles. The summed E-state index contributed by atoms with van der Waals surface area (Å²) >= 11 is 6.01. The second kappa shape index (κ2) is 9.54. The highest BCUT2D eigenvalue weighted by molar-refractivity contribution is 7.89. The van der Waals surface area contributed by atoms with Crippen molar-refractivity contribution in [3.63, 3.8) is 0 Å². The number of hydrogen-bond acceptors (Lipinski definition) is 5. The Morgan fingerprint density at radius 3 is 2.43 bits per heavy atom. The Bertz CT molecular complexity index is 1290. The molecule has 1 atom stereocenters. The van der Waals surface area contributed by atoms with Gasteiger partial charge >= 0.3 is 0 Å². The number of nitrogens with zero attached hydrogens (tertiary/aromatic N) is 3. The zero-order chi connectivity index (χ0) is 25.5. The fourth-order valence-corrected chi connectivity index (χ4v) is 6.10. The van der Waals surface area contributed by atoms with Crippen LogP contribution in [-0.4, -0.2) is 60.1 Å². The van der Waals surface area contributed by atoms with Gasteiger partial charge in [0.15, 0.2) is 0 Å². The quantitative estimate of drug-likeness (QED) is 0.585. The van der Waals surface area contributed by atoms with Gasteiger partial charge in [-0.1, -0.05) is 29.8 Å². The van der Waals surface area contributed by atoms with E-state index < -0.39 is 16.1 Å². The van der Waals surface area contributed by atoms with Gasteiger partial charge in [0.05, 0.1) is 7.11 Å². The van der Waals surface area contributed by atoms with E-state index in [9.17, 15) is 18.0 Å². The standard InChI is InChI=1S/C25H28ClN3O5S/c1-16(2)27-15-23-28(35(32,33)22-10-5-17(3)13-21(22)34-4)12-11-24(30)29(23)20(25(27)31)14-18-6-8-19(26)9-7-18/h5-10,13,15-16,20H,11-12,14H2,1-4H3. The molecule has 1 saturated heterocycles. The number of amides is 2. The van der Waals surface area contributed by atoms with Crippen LogP contribution in [-0.2, 0) is 26.0 Å². The number of hydrogen-bond donors (Lipinski definition) is 0. The maximum atomic E-state index is 13.8. The van der Waals surface area contributed by atoms with Crippen LogP contribution in [0.1, 0.15) is 31.4 Å². The van der Waals surface area contributed by atoms with Crippen molar-refractivity contribution in [3.05, 3.63) is 70.6 Å². The number of sulfonamides is 1. The Balaban J connectivity index is 1.81. The smallest absolute Gasteiger partial charge is 0.269 e. The Hall–Kier alpha value is -3.04. The number of halogens is 1. The third kappa shape index (κ3) is 4.62. The van der Waals surface area contributed by atoms with Gasteiger partial charge in [0.1, 0.15) is 22.5 Å². The van der Waals surface area contributed by atoms with E-state index in [2.05, 4.69) is 0 Å². The Labute approximate surface area is 210 Å². The van der Waals surface area contributed by atoms with Gasteiger partial charge in [-0.05, 0) is 56.2 Å². The van der Waals surface area contributed by atoms with Crippen LogP contribution < -0.4 is 4.74 Å². The molecule has 1 fully saturated rings. The molecule has 0 bridgehead atoms. The number of carbonyl (C=O) groups excluding carboxylic acids is 2. The molecule has 2 aromatic rings. The molecule has 35 heavy (non-hydrogen) atoms. The van der Waals surface area contributed by atoms with Gasteiger partial charge in [-0.2, -0.15) is 0 Å². The molecule has 2 aromatic carbocycles. The van der Waals surface area contributed by atoms with Gasteiger partial charge in [0.2, 0.25) is 11.8 Å². The number of methoxy groups -OCH3 is 1. The molecule has 1 unspecified atom stereocenters. The lowest BCUT2D eigenvalue weighted by molar-refractivity contribution is -0.148. The summed E-state index contributed by atoms with van der Waals surface area (Å²) in [6.45, 7) is 5.50. The minimum absolute atomic E-state index is 0.00282. The zero-order valence-corrected chi connectivity index (χ0v) is 21.6. The summed E-state index contributed by atoms with van der Waals surface area (Å²) in [5.74, 6) is -0.177. The van der Waals surface area contributed by atoms with Crippen LogP contribution in [0.4, 0.5) is 0 Å². The highest BCUT2D eigenvalue weighted by atomic mass is 35.5. The number of fused-ring (bicyclic) bond motifs is 1. The normalized spacial score (nSPS) is 18.6. The highest BCUT2D eigenvalue weighted by Gasteiger charge is 2.47. The van der Waals surface area contributed by atoms with Crippen molar-refractivity contribution in [3.8, 4) is 5.75 Å². The van der Waals surface area contributed by atoms with Crippen molar-refractivity contribution in [2.24, 2.45) is 0 Å². The van der Waals surface area contributed by atoms with E-state index in [1.165, 1.54) is 33.5 Å². The van der Waals surface area contributed by atoms with Gasteiger partial charge in [-0.15, -0.1) is 0 Å². The summed E-state index contributed by atoms with van der Waals surface area (Å²) < 4.78 is 34.3. The number of aryl methyl sites for hydroxylation is 1. The van der Waals surface area contributed by atoms with E-state index in [4.69, 9.17) is 16.3 Å². The summed E-state index contributed by atoms with van der Waals surface area (Å²) in [7, 11) is -2.68. The van der Waals surface area contributed by atoms with Crippen LogP contribution in [0.25, 0.3) is 0 Å². The molecular formula is C25H28ClN3O5S. The van der Waals surface area contributed by atoms with Crippen molar-refractivity contribution in [2.75, 3.05) is 13.7 Å². The molecule has 0 saturated carbocycles. The van der Waals surface area contributed by atoms with E-state index in [-0.39, 0.29) is 53.7 Å². The molecule has 4 rings (SSSR count). The molecule has 2 heterocycles. The zero-order valence-electron chi connectivity index (χ0n) is 20.1. The first kappa shape index (κ1) is 25.1. The average molecular weight is 518 g/mol. The summed E-state index contributed by atoms with van der Waals surface area (Å²) in [5.41, 5.74) is 1.67. The Morgan fingerprint density at radius 2 is 1.80 bits per heavy atom. The van der Waals surface area contributed by atoms with Crippen LogP contribution in [0, 0.1) is 6.92 Å². The fourth-order valence-electron chi connectivity index (χ4n) is 4.39. The largest absolute Gasteiger partial charge is 0.495 e. The van der Waals surface area contributed by atoms with Crippen molar-refractivity contribution >= 4 is 33.4 Å². The maximum Gasteiger partial charge on any atom is 0.269 e. The van der Waals surface area contributed by atoms with Crippen LogP contribution in [0.2, 0.25) is 5.02 Å². The maximum absolute atomic E-state index is 13.8. The minimum atomic E-state index is -4.09. The molecular weight excluding hydrogens is 490 g/mol. The molecule has 0 spiro atoms. The average Bonchev–Trinajstić information content (AvgIpc) is 2.81. The van der Waals surface area contributed by atoms with Crippen LogP contribution in [0.3, 0.4) is 0 Å². The van der Waals surface area contributed by atoms with E-state index in [0.717, 1.165) is 11.1 Å². The number of ether oxygens (including phenoxy) is 1. The number of rotatable bonds is 6. The second-order valence-corrected chi connectivity index (χ2v) is 11.2. The van der Waals surface area contributed by atoms with Gasteiger partial charge in [-0.25, -0.2) is 12.7 Å². The summed E-state index contributed by atoms with van der Waals surface area (Å²) in [6.07, 6.45) is 1.65. The molecule has 2 aliphatic rings. The number of benzene rings is 2. The van der Waals surface area contributed by atoms with Gasteiger partial charge < -0.3 is 9.64 Å². The lowest BCUT2D eigenvalue weighted by Crippen LogP contribution is -2.61. The molecule has 2 amide bonds. The van der Waals surface area contributed by atoms with Crippen LogP contribution in [0.15, 0.2) is 59.4 Å². The molecule has 8 nitrogen and oxygen atoms in total. The first-order valence-corrected chi connectivity index (χ1v) is 13.1. The lowest BCUT2D eigenvalue weighted by atomic mass is 10.00. The second-order valence-electron chi connectivity index (χ2n) is 8.92. The monoisotopic (exact) mass is 517 g/mol. The summed E-state index contributed by atoms with van der Waals surface area (Å²) in [4.78, 5) is 29.4. The van der Waals surface area contributed by atoms with E-state index >= 15 is 0 Å². The van der Waals surface area contributed by atoms with Gasteiger partial charge in [0.25, 0.3) is 10.0 Å². The third-order valence-corrected chi connectivity index (χ3v) is 8.29. The van der Waals surface area contributed by atoms with Crippen LogP contribution in [0.5, 0.6) is 5.75 Å². The topological polar surface area (TPSA) is 87.2 Å². The predicted octanol–water partition coefficient (Wildman–Crippen LogP) is 3.54. The molecule has 0 aliphatic carbocycles. The molecule has 186 valence electrons. The SMILES string of the molecule is COc1cc(C)ccc1S(=O)(=O)N1CCC(=O)N2C1=CN(C(C)C)C(=O)C2Cc1ccc(Cl)cc1. The van der Waals surface area contributed by atoms with Crippen molar-refractivity contribution in [1.29, 1.82) is 0 Å². The van der Waals surface area contributed by atoms with Crippen molar-refractivity contribution in [1.82, 2.24) is 14.1 Å². The van der Waals surface area contributed by atoms with Gasteiger partial charge in [0, 0.05) is 36.7 Å². The van der Waals surface area contributed by atoms with E-state index in [1.54, 1.807) is 36.4 Å². The van der Waals surface area contributed by atoms with Crippen molar-refractivity contribution in [2.45, 2.75) is 50.6 Å². The van der Waals surface area contributed by atoms with E-state index in [0.29, 0.717) is 5.02 Å². The van der Waals surface area contributed by atoms with Crippen molar-refractivity contribution < 1.29 is 22.7 Å². The Kier molecular flexibility index (Phi) is 6.83. The minimum Gasteiger partial charge on any atom is -0.495 e. The highest BCUT2D eigenvalue weighted by Crippen LogP contribution is 2.36. The van der Waals surface area contributed by atoms with Crippen LogP contribution >= 0.6 is 11.6 Å². The molecule has 0 radical (unpaired) electrons. The predicted molar refractivity (Wildman–Crippen MR) is 132 cm³/mol. The fraction of sp³-hybridized carbons (Fsp3) is 0.360. The third-order valence-electron chi connectivity index (χ3n) is 6.19. The first-order valence-electron chi connectivity index (χ1n) is 11.3. The first-order chi connectivity index (χ1) is 16.5. The molecule has 10 heteroatoms. The summed E-state index contributed by atoms with van der Waals surface area (Å²) in [5, 5.41) is 0.562. The molecule has 0 N–H and O–H groups in total. The lowest BCUT2D eigenvalue weighted by Gasteiger charge is -2.47. The van der Waals surface area contributed by atoms with Gasteiger partial charge in [-0.3, -0.25) is 14.5 Å². The summed E-state index contributed by atoms with van der Waals surface area (Å²) in [6, 6.07) is 10.8. The number of carbonyl (C=O) groups is 2. The Morgan fingerprint density at radius 1 is 1.11 bits per heavy atom. The van der Waals surface area contributed by atoms with E-state index in [1.807, 2.05) is 20.8 Å².